The Kier molecular flexibility index (Phi) is 6.32. The zero-order valence-electron chi connectivity index (χ0n) is 16.6. The Morgan fingerprint density at radius 3 is 2.58 bits per heavy atom. The molecule has 0 amide bonds. The first-order valence-electron chi connectivity index (χ1n) is 9.54. The molecule has 1 N–H and O–H groups in total. The predicted molar refractivity (Wildman–Crippen MR) is 104 cm³/mol. The van der Waals surface area contributed by atoms with Crippen LogP contribution in [-0.4, -0.2) is 15.6 Å². The van der Waals surface area contributed by atoms with Crippen LogP contribution in [-0.2, 0) is 6.42 Å². The zero-order valence-corrected chi connectivity index (χ0v) is 16.6. The van der Waals surface area contributed by atoms with Crippen molar-refractivity contribution in [1.29, 1.82) is 0 Å². The summed E-state index contributed by atoms with van der Waals surface area (Å²) in [6, 6.07) is 0. The minimum atomic E-state index is -0.264. The highest BCUT2D eigenvalue weighted by molar-refractivity contribution is 5.58. The van der Waals surface area contributed by atoms with Crippen LogP contribution in [0.5, 0.6) is 11.5 Å². The topological polar surface area (TPSA) is 72.6 Å². The Morgan fingerprint density at radius 1 is 1.27 bits per heavy atom. The van der Waals surface area contributed by atoms with E-state index in [0.29, 0.717) is 24.3 Å². The number of rotatable bonds is 7. The number of unbranched alkanes of at least 4 members (excludes halogenated alkanes) is 1. The van der Waals surface area contributed by atoms with Gasteiger partial charge in [0.15, 0.2) is 0 Å². The van der Waals surface area contributed by atoms with E-state index in [1.54, 1.807) is 6.08 Å². The normalized spacial score (nSPS) is 19.8. The first kappa shape index (κ1) is 20.3. The van der Waals surface area contributed by atoms with Crippen molar-refractivity contribution < 1.29 is 14.8 Å². The van der Waals surface area contributed by atoms with Crippen molar-refractivity contribution in [3.05, 3.63) is 44.1 Å². The van der Waals surface area contributed by atoms with Gasteiger partial charge in [0.2, 0.25) is 5.70 Å². The number of allylic oxidation sites excluding steroid dienone is 2. The number of phenolic OH excluding ortho intramolecular Hbond substituents is 1. The highest BCUT2D eigenvalue weighted by Gasteiger charge is 2.34. The summed E-state index contributed by atoms with van der Waals surface area (Å²) >= 11 is 0. The Bertz CT molecular complexity index is 723. The van der Waals surface area contributed by atoms with Gasteiger partial charge in [-0.3, -0.25) is 10.1 Å². The summed E-state index contributed by atoms with van der Waals surface area (Å²) in [5.41, 5.74) is 4.00. The number of phenols is 1. The van der Waals surface area contributed by atoms with E-state index < -0.39 is 0 Å². The van der Waals surface area contributed by atoms with Crippen LogP contribution in [0.4, 0.5) is 0 Å². The summed E-state index contributed by atoms with van der Waals surface area (Å²) < 4.78 is 6.41. The van der Waals surface area contributed by atoms with Crippen LogP contribution in [0.2, 0.25) is 0 Å². The van der Waals surface area contributed by atoms with Gasteiger partial charge in [0.05, 0.1) is 4.92 Å². The lowest BCUT2D eigenvalue weighted by Crippen LogP contribution is -2.37. The number of nitrogens with zero attached hydrogens (tertiary/aromatic N) is 1. The third kappa shape index (κ3) is 4.19. The third-order valence-electron chi connectivity index (χ3n) is 5.66. The van der Waals surface area contributed by atoms with Gasteiger partial charge in [-0.15, -0.1) is 0 Å². The number of nitro groups is 1. The average molecular weight is 361 g/mol. The van der Waals surface area contributed by atoms with E-state index in [0.717, 1.165) is 60.1 Å². The molecule has 1 aromatic rings. The largest absolute Gasteiger partial charge is 0.507 e. The molecule has 26 heavy (non-hydrogen) atoms. The summed E-state index contributed by atoms with van der Waals surface area (Å²) in [6.45, 7) is 9.92. The van der Waals surface area contributed by atoms with Crippen molar-refractivity contribution in [1.82, 2.24) is 0 Å². The maximum absolute atomic E-state index is 11.0. The number of hydrogen-bond acceptors (Lipinski definition) is 4. The van der Waals surface area contributed by atoms with E-state index in [9.17, 15) is 15.2 Å². The Balaban J connectivity index is 2.03. The van der Waals surface area contributed by atoms with Crippen LogP contribution in [0.1, 0.15) is 74.6 Å². The highest BCUT2D eigenvalue weighted by Crippen LogP contribution is 2.44. The van der Waals surface area contributed by atoms with Gasteiger partial charge in [-0.05, 0) is 89.0 Å². The second kappa shape index (κ2) is 8.11. The minimum absolute atomic E-state index is 0.253. The minimum Gasteiger partial charge on any atom is -0.507 e. The van der Waals surface area contributed by atoms with Gasteiger partial charge in [-0.1, -0.05) is 6.92 Å². The van der Waals surface area contributed by atoms with Crippen LogP contribution in [0.3, 0.4) is 0 Å². The average Bonchev–Trinajstić information content (AvgIpc) is 2.60. The maximum atomic E-state index is 11.0. The van der Waals surface area contributed by atoms with Crippen LogP contribution in [0.25, 0.3) is 0 Å². The molecule has 0 saturated heterocycles. The van der Waals surface area contributed by atoms with Crippen molar-refractivity contribution in [3.63, 3.8) is 0 Å². The van der Waals surface area contributed by atoms with Crippen molar-refractivity contribution in [2.75, 3.05) is 0 Å². The summed E-state index contributed by atoms with van der Waals surface area (Å²) in [6.07, 6.45) is 7.27. The number of benzene rings is 1. The van der Waals surface area contributed by atoms with Crippen molar-refractivity contribution in [2.24, 2.45) is 0 Å². The number of fused-ring (bicyclic) bond motifs is 1. The van der Waals surface area contributed by atoms with Crippen LogP contribution in [0.15, 0.2) is 11.8 Å². The smallest absolute Gasteiger partial charge is 0.242 e. The van der Waals surface area contributed by atoms with E-state index in [-0.39, 0.29) is 10.5 Å². The fourth-order valence-corrected chi connectivity index (χ4v) is 3.78. The van der Waals surface area contributed by atoms with E-state index in [4.69, 9.17) is 4.74 Å². The van der Waals surface area contributed by atoms with Gasteiger partial charge < -0.3 is 9.84 Å². The summed E-state index contributed by atoms with van der Waals surface area (Å²) in [7, 11) is 0. The summed E-state index contributed by atoms with van der Waals surface area (Å²) in [4.78, 5) is 10.7. The van der Waals surface area contributed by atoms with Crippen molar-refractivity contribution in [2.45, 2.75) is 85.2 Å². The quantitative estimate of drug-likeness (QED) is 0.393. The molecule has 1 unspecified atom stereocenters. The third-order valence-corrected chi connectivity index (χ3v) is 5.66. The van der Waals surface area contributed by atoms with E-state index in [1.165, 1.54) is 0 Å². The van der Waals surface area contributed by atoms with E-state index >= 15 is 0 Å². The van der Waals surface area contributed by atoms with Crippen molar-refractivity contribution in [3.8, 4) is 11.5 Å². The molecular formula is C21H31NO4. The van der Waals surface area contributed by atoms with Crippen LogP contribution >= 0.6 is 0 Å². The summed E-state index contributed by atoms with van der Waals surface area (Å²) in [5, 5.41) is 21.3. The fraction of sp³-hybridized carbons (Fsp3) is 0.619. The molecule has 2 rings (SSSR count). The van der Waals surface area contributed by atoms with Gasteiger partial charge in [-0.2, -0.15) is 0 Å². The second-order valence-corrected chi connectivity index (χ2v) is 7.65. The molecular weight excluding hydrogens is 330 g/mol. The molecule has 1 aliphatic heterocycles. The monoisotopic (exact) mass is 361 g/mol. The molecule has 1 heterocycles. The molecule has 1 aromatic carbocycles. The molecule has 0 radical (unpaired) electrons. The second-order valence-electron chi connectivity index (χ2n) is 7.65. The Labute approximate surface area is 156 Å². The maximum Gasteiger partial charge on any atom is 0.242 e. The molecule has 0 bridgehead atoms. The molecule has 5 heteroatoms. The zero-order chi connectivity index (χ0) is 19.5. The molecule has 0 spiro atoms. The van der Waals surface area contributed by atoms with Crippen molar-refractivity contribution >= 4 is 0 Å². The van der Waals surface area contributed by atoms with Gasteiger partial charge in [0.1, 0.15) is 17.1 Å². The fourth-order valence-electron chi connectivity index (χ4n) is 3.78. The number of hydrogen-bond donors (Lipinski definition) is 1. The Hall–Kier alpha value is -2.04. The van der Waals surface area contributed by atoms with E-state index in [1.807, 2.05) is 27.7 Å². The lowest BCUT2D eigenvalue weighted by Gasteiger charge is -2.38. The molecule has 1 aliphatic rings. The van der Waals surface area contributed by atoms with Gasteiger partial charge in [0, 0.05) is 12.0 Å². The molecule has 0 aromatic heterocycles. The molecule has 0 saturated carbocycles. The highest BCUT2D eigenvalue weighted by atomic mass is 16.6. The van der Waals surface area contributed by atoms with E-state index in [2.05, 4.69) is 6.92 Å². The molecule has 0 fully saturated rings. The molecule has 5 nitrogen and oxygen atoms in total. The molecule has 1 atom stereocenters. The van der Waals surface area contributed by atoms with Gasteiger partial charge in [-0.25, -0.2) is 0 Å². The first-order chi connectivity index (χ1) is 12.2. The molecule has 0 aliphatic carbocycles. The number of ether oxygens (including phenoxy) is 1. The SMILES string of the molecule is CC/C=C(/CCCCC1(C)CCc2c(C)c(O)c(C)c(C)c2O1)[N+](=O)[O-]. The van der Waals surface area contributed by atoms with Gasteiger partial charge in [0.25, 0.3) is 0 Å². The lowest BCUT2D eigenvalue weighted by atomic mass is 9.84. The van der Waals surface area contributed by atoms with Gasteiger partial charge >= 0.3 is 0 Å². The molecule has 144 valence electrons. The number of aromatic hydroxyl groups is 1. The lowest BCUT2D eigenvalue weighted by molar-refractivity contribution is -0.428. The van der Waals surface area contributed by atoms with Crippen LogP contribution < -0.4 is 4.74 Å². The Morgan fingerprint density at radius 2 is 1.96 bits per heavy atom. The van der Waals surface area contributed by atoms with Crippen LogP contribution in [0, 0.1) is 30.9 Å². The summed E-state index contributed by atoms with van der Waals surface area (Å²) in [5.74, 6) is 1.30. The first-order valence-corrected chi connectivity index (χ1v) is 9.54. The predicted octanol–water partition coefficient (Wildman–Crippen LogP) is 5.53. The standard InChI is InChI=1S/C21H31NO4/c1-6-9-17(22(24)25)10-7-8-12-21(5)13-11-18-16(4)19(23)14(2)15(3)20(18)26-21/h9,23H,6-8,10-13H2,1-5H3/b17-9-.